The average molecular weight is 302 g/mol. The van der Waals surface area contributed by atoms with Gasteiger partial charge in [-0.3, -0.25) is 0 Å². The van der Waals surface area contributed by atoms with E-state index in [0.29, 0.717) is 6.61 Å². The van der Waals surface area contributed by atoms with E-state index >= 15 is 0 Å². The van der Waals surface area contributed by atoms with Crippen LogP contribution in [-0.4, -0.2) is 11.1 Å². The van der Waals surface area contributed by atoms with Gasteiger partial charge in [0, 0.05) is 0 Å². The summed E-state index contributed by atoms with van der Waals surface area (Å²) in [5.41, 5.74) is 0. The number of rotatable bonds is 3. The van der Waals surface area contributed by atoms with E-state index in [2.05, 4.69) is 0 Å². The summed E-state index contributed by atoms with van der Waals surface area (Å²) >= 11 is 0.419. The van der Waals surface area contributed by atoms with Crippen LogP contribution in [0.4, 0.5) is 0 Å². The molecule has 0 aliphatic rings. The van der Waals surface area contributed by atoms with Crippen LogP contribution in [0.1, 0.15) is 6.92 Å². The molecule has 0 unspecified atom stereocenters. The normalized spacial score (nSPS) is 7.75. The molecule has 0 bridgehead atoms. The Kier molecular flexibility index (Phi) is 6.77. The van der Waals surface area contributed by atoms with Crippen LogP contribution >= 0.6 is 28.3 Å². The van der Waals surface area contributed by atoms with Crippen molar-refractivity contribution in [3.05, 3.63) is 12.1 Å². The predicted octanol–water partition coefficient (Wildman–Crippen LogP) is 1.50. The molecule has 1 heterocycles. The van der Waals surface area contributed by atoms with Gasteiger partial charge in [0.25, 0.3) is 0 Å². The van der Waals surface area contributed by atoms with Crippen molar-refractivity contribution in [1.29, 1.82) is 0 Å². The quantitative estimate of drug-likeness (QED) is 0.791. The zero-order valence-corrected chi connectivity index (χ0v) is 12.2. The van der Waals surface area contributed by atoms with Crippen LogP contribution in [0.25, 0.3) is 0 Å². The fourth-order valence-electron chi connectivity index (χ4n) is 0.744. The zero-order chi connectivity index (χ0) is 8.10. The van der Waals surface area contributed by atoms with E-state index in [-0.39, 0.29) is 17.0 Å². The Morgan fingerprint density at radius 1 is 1.67 bits per heavy atom. The molecule has 0 N–H and O–H groups in total. The number of carbonyl (C=O) groups excluding carboxylic acids is 1. The Bertz CT molecular complexity index is 281. The monoisotopic (exact) mass is 299 g/mol. The van der Waals surface area contributed by atoms with Crippen LogP contribution in [-0.2, 0) is 21.5 Å². The van der Waals surface area contributed by atoms with Crippen molar-refractivity contribution in [2.75, 3.05) is 6.61 Å². The Labute approximate surface area is 92.8 Å². The Morgan fingerprint density at radius 3 is 3.00 bits per heavy atom. The fraction of sp³-hybridized carbons (Fsp3) is 0.286. The first-order chi connectivity index (χ1) is 5.36. The maximum absolute atomic E-state index is 10.1. The van der Waals surface area contributed by atoms with Gasteiger partial charge in [-0.25, -0.2) is 0 Å². The van der Waals surface area contributed by atoms with Gasteiger partial charge < -0.3 is 0 Å². The Morgan fingerprint density at radius 2 is 2.42 bits per heavy atom. The summed E-state index contributed by atoms with van der Waals surface area (Å²) in [6.45, 7) is 2.64. The third kappa shape index (κ3) is 3.73. The number of hydrogen-bond acceptors (Lipinski definition) is 3. The first kappa shape index (κ1) is 12.2. The van der Waals surface area contributed by atoms with E-state index in [1.807, 2.05) is 23.5 Å². The van der Waals surface area contributed by atoms with Gasteiger partial charge in [0.1, 0.15) is 0 Å². The first-order valence-electron chi connectivity index (χ1n) is 3.43. The topological polar surface area (TPSA) is 26.3 Å². The van der Waals surface area contributed by atoms with E-state index in [0.717, 1.165) is 5.06 Å². The Balaban J connectivity index is 0.00000121. The summed E-state index contributed by atoms with van der Waals surface area (Å²) in [7, 11) is 0. The first-order valence-corrected chi connectivity index (χ1v) is 7.21. The van der Waals surface area contributed by atoms with Gasteiger partial charge >= 0.3 is 76.2 Å². The van der Waals surface area contributed by atoms with Crippen molar-refractivity contribution in [2.45, 2.75) is 6.92 Å². The molecule has 1 aromatic heterocycles. The molecular formula is C7H8BrO2SZn. The molecule has 1 aromatic rings. The van der Waals surface area contributed by atoms with Crippen LogP contribution < -0.4 is 8.21 Å². The molecule has 0 atom stereocenters. The van der Waals surface area contributed by atoms with E-state index in [9.17, 15) is 4.79 Å². The molecule has 0 saturated carbocycles. The molecule has 0 aliphatic heterocycles. The fourth-order valence-corrected chi connectivity index (χ4v) is 3.97. The van der Waals surface area contributed by atoms with Crippen molar-refractivity contribution in [3.8, 4) is 5.06 Å². The minimum atomic E-state index is -1.16. The molecule has 0 spiro atoms. The second kappa shape index (κ2) is 6.67. The minimum absolute atomic E-state index is 0. The standard InChI is InChI=1S/C6H7OS.CO.BrH.Zn/c1-2-7-6-4-3-5-8-6;1-2;;/h3-4H,2H2,1H3;;1H;. The summed E-state index contributed by atoms with van der Waals surface area (Å²) in [4.78, 5) is 10.1. The van der Waals surface area contributed by atoms with Gasteiger partial charge in [0.15, 0.2) is 0 Å². The zero-order valence-electron chi connectivity index (χ0n) is 6.70. The second-order valence-electron chi connectivity index (χ2n) is 1.97. The molecule has 0 aliphatic carbocycles. The number of hydrogen-bond donors (Lipinski definition) is 0. The van der Waals surface area contributed by atoms with E-state index in [1.165, 1.54) is 3.47 Å². The second-order valence-corrected chi connectivity index (χ2v) is 7.13. The molecule has 63 valence electrons. The van der Waals surface area contributed by atoms with Crippen LogP contribution in [0.3, 0.4) is 0 Å². The summed E-state index contributed by atoms with van der Waals surface area (Å²) in [5.74, 6) is 0. The molecule has 0 aromatic carbocycles. The van der Waals surface area contributed by atoms with Gasteiger partial charge in [-0.1, -0.05) is 0 Å². The molecule has 5 heteroatoms. The molecule has 0 radical (unpaired) electrons. The number of thiophene rings is 1. The van der Waals surface area contributed by atoms with Crippen LogP contribution in [0.15, 0.2) is 12.1 Å². The van der Waals surface area contributed by atoms with Crippen LogP contribution in [0, 0.1) is 0 Å². The molecule has 0 fully saturated rings. The van der Waals surface area contributed by atoms with Crippen molar-refractivity contribution >= 4 is 36.3 Å². The molecular weight excluding hydrogens is 293 g/mol. The van der Waals surface area contributed by atoms with E-state index in [1.54, 1.807) is 11.3 Å². The van der Waals surface area contributed by atoms with E-state index < -0.39 is 16.7 Å². The van der Waals surface area contributed by atoms with Crippen LogP contribution in [0.5, 0.6) is 5.06 Å². The summed E-state index contributed by atoms with van der Waals surface area (Å²) < 4.78 is 8.47. The number of halogens is 1. The molecule has 1 rings (SSSR count). The molecule has 0 amide bonds. The molecule has 0 saturated heterocycles. The van der Waals surface area contributed by atoms with Crippen molar-refractivity contribution in [3.63, 3.8) is 0 Å². The average Bonchev–Trinajstić information content (AvgIpc) is 2.38. The van der Waals surface area contributed by atoms with Crippen molar-refractivity contribution in [2.24, 2.45) is 0 Å². The third-order valence-corrected chi connectivity index (χ3v) is 5.21. The molecule has 2 nitrogen and oxygen atoms in total. The van der Waals surface area contributed by atoms with Gasteiger partial charge in [0.05, 0.1) is 0 Å². The number of ether oxygens (including phenoxy) is 1. The summed E-state index contributed by atoms with van der Waals surface area (Å²) in [6.07, 6.45) is 0. The SMILES string of the molecule is Br.CCOc1cc[c]([Zn]=[C]=O)s1. The van der Waals surface area contributed by atoms with Gasteiger partial charge in [-0.05, 0) is 0 Å². The summed E-state index contributed by atoms with van der Waals surface area (Å²) in [6, 6.07) is 3.90. The maximum atomic E-state index is 10.1. The van der Waals surface area contributed by atoms with E-state index in [4.69, 9.17) is 4.74 Å². The Hall–Kier alpha value is 0.183. The third-order valence-electron chi connectivity index (χ3n) is 1.17. The van der Waals surface area contributed by atoms with Crippen molar-refractivity contribution < 1.29 is 26.2 Å². The molecule has 12 heavy (non-hydrogen) atoms. The summed E-state index contributed by atoms with van der Waals surface area (Å²) in [5, 5.41) is 0.920. The predicted molar refractivity (Wildman–Crippen MR) is 51.1 cm³/mol. The van der Waals surface area contributed by atoms with Crippen molar-refractivity contribution in [1.82, 2.24) is 0 Å². The van der Waals surface area contributed by atoms with Gasteiger partial charge in [-0.15, -0.1) is 17.0 Å². The van der Waals surface area contributed by atoms with Gasteiger partial charge in [-0.2, -0.15) is 0 Å². The van der Waals surface area contributed by atoms with Gasteiger partial charge in [0.2, 0.25) is 0 Å². The van der Waals surface area contributed by atoms with Crippen LogP contribution in [0.2, 0.25) is 0 Å².